The molecule has 0 aliphatic heterocycles. The Bertz CT molecular complexity index is 1300. The van der Waals surface area contributed by atoms with Gasteiger partial charge in [0.05, 0.1) is 17.6 Å². The summed E-state index contributed by atoms with van der Waals surface area (Å²) in [7, 11) is 0. The van der Waals surface area contributed by atoms with Gasteiger partial charge in [-0.05, 0) is 41.1 Å². The van der Waals surface area contributed by atoms with Crippen LogP contribution in [0.25, 0.3) is 27.7 Å². The molecule has 5 aromatic rings. The number of fused-ring (bicyclic) bond motifs is 1. The maximum atomic E-state index is 4.88. The molecule has 1 N–H and O–H groups in total. The summed E-state index contributed by atoms with van der Waals surface area (Å²) in [5.74, 6) is 0. The Morgan fingerprint density at radius 2 is 1.43 bits per heavy atom. The number of benzene rings is 4. The molecule has 4 heteroatoms. The lowest BCUT2D eigenvalue weighted by atomic mass is 10.0. The predicted molar refractivity (Wildman–Crippen MR) is 124 cm³/mol. The van der Waals surface area contributed by atoms with Crippen LogP contribution in [0.15, 0.2) is 114 Å². The molecule has 4 nitrogen and oxygen atoms in total. The van der Waals surface area contributed by atoms with E-state index in [1.807, 2.05) is 77.8 Å². The van der Waals surface area contributed by atoms with Gasteiger partial charge in [-0.1, -0.05) is 72.8 Å². The second-order valence-electron chi connectivity index (χ2n) is 7.01. The first kappa shape index (κ1) is 17.9. The van der Waals surface area contributed by atoms with Crippen molar-refractivity contribution in [2.75, 3.05) is 5.43 Å². The van der Waals surface area contributed by atoms with Crippen molar-refractivity contribution in [2.45, 2.75) is 0 Å². The lowest BCUT2D eigenvalue weighted by molar-refractivity contribution is 0.884. The van der Waals surface area contributed by atoms with E-state index in [9.17, 15) is 0 Å². The van der Waals surface area contributed by atoms with Crippen molar-refractivity contribution in [1.82, 2.24) is 9.78 Å². The van der Waals surface area contributed by atoms with Crippen molar-refractivity contribution >= 4 is 22.7 Å². The van der Waals surface area contributed by atoms with Gasteiger partial charge in [0, 0.05) is 17.3 Å². The van der Waals surface area contributed by atoms with Crippen LogP contribution < -0.4 is 5.43 Å². The Morgan fingerprint density at radius 3 is 2.23 bits per heavy atom. The van der Waals surface area contributed by atoms with E-state index in [-0.39, 0.29) is 0 Å². The summed E-state index contributed by atoms with van der Waals surface area (Å²) in [6, 6.07) is 34.8. The highest BCUT2D eigenvalue weighted by Gasteiger charge is 2.11. The average molecular weight is 388 g/mol. The van der Waals surface area contributed by atoms with Gasteiger partial charge in [0.25, 0.3) is 0 Å². The fourth-order valence-corrected chi connectivity index (χ4v) is 3.44. The zero-order chi connectivity index (χ0) is 20.2. The van der Waals surface area contributed by atoms with Crippen LogP contribution >= 0.6 is 0 Å². The molecule has 5 rings (SSSR count). The van der Waals surface area contributed by atoms with E-state index in [0.29, 0.717) is 0 Å². The highest BCUT2D eigenvalue weighted by molar-refractivity contribution is 5.93. The summed E-state index contributed by atoms with van der Waals surface area (Å²) in [4.78, 5) is 0. The third-order valence-corrected chi connectivity index (χ3v) is 4.96. The molecule has 144 valence electrons. The minimum Gasteiger partial charge on any atom is -0.279 e. The van der Waals surface area contributed by atoms with Crippen LogP contribution in [0, 0.1) is 0 Å². The molecule has 0 atom stereocenters. The molecule has 0 spiro atoms. The van der Waals surface area contributed by atoms with Gasteiger partial charge >= 0.3 is 0 Å². The minimum atomic E-state index is 0.892. The Labute approximate surface area is 175 Å². The average Bonchev–Trinajstić information content (AvgIpc) is 3.24. The number of rotatable bonds is 5. The monoisotopic (exact) mass is 388 g/mol. The Morgan fingerprint density at radius 1 is 0.733 bits per heavy atom. The van der Waals surface area contributed by atoms with Gasteiger partial charge in [-0.25, -0.2) is 4.68 Å². The maximum Gasteiger partial charge on any atom is 0.102 e. The van der Waals surface area contributed by atoms with Gasteiger partial charge in [-0.3, -0.25) is 5.43 Å². The number of anilines is 1. The van der Waals surface area contributed by atoms with Gasteiger partial charge in [0.15, 0.2) is 0 Å². The molecule has 0 fully saturated rings. The summed E-state index contributed by atoms with van der Waals surface area (Å²) in [5, 5.41) is 11.7. The summed E-state index contributed by atoms with van der Waals surface area (Å²) >= 11 is 0. The van der Waals surface area contributed by atoms with E-state index in [1.54, 1.807) is 0 Å². The van der Waals surface area contributed by atoms with Crippen LogP contribution in [0.3, 0.4) is 0 Å². The Hall–Kier alpha value is -4.18. The summed E-state index contributed by atoms with van der Waals surface area (Å²) in [5.41, 5.74) is 7.93. The molecule has 0 radical (unpaired) electrons. The second kappa shape index (κ2) is 8.05. The molecule has 0 bridgehead atoms. The van der Waals surface area contributed by atoms with Crippen LogP contribution in [0.1, 0.15) is 5.56 Å². The molecular formula is C26H20N4. The van der Waals surface area contributed by atoms with Crippen LogP contribution in [-0.2, 0) is 0 Å². The van der Waals surface area contributed by atoms with Gasteiger partial charge in [0.1, 0.15) is 5.69 Å². The van der Waals surface area contributed by atoms with Gasteiger partial charge in [0.2, 0.25) is 0 Å². The third-order valence-electron chi connectivity index (χ3n) is 4.96. The first-order chi connectivity index (χ1) is 14.9. The first-order valence-electron chi connectivity index (χ1n) is 9.85. The Balaban J connectivity index is 1.56. The largest absolute Gasteiger partial charge is 0.279 e. The quantitative estimate of drug-likeness (QED) is 0.290. The molecule has 30 heavy (non-hydrogen) atoms. The van der Waals surface area contributed by atoms with E-state index < -0.39 is 0 Å². The number of nitrogens with zero attached hydrogens (tertiary/aromatic N) is 3. The molecule has 0 amide bonds. The predicted octanol–water partition coefficient (Wildman–Crippen LogP) is 6.14. The fraction of sp³-hybridized carbons (Fsp3) is 0. The van der Waals surface area contributed by atoms with Crippen molar-refractivity contribution in [3.05, 3.63) is 115 Å². The molecule has 1 heterocycles. The van der Waals surface area contributed by atoms with Crippen molar-refractivity contribution in [1.29, 1.82) is 0 Å². The van der Waals surface area contributed by atoms with Gasteiger partial charge in [-0.2, -0.15) is 10.2 Å². The molecule has 0 saturated carbocycles. The SMILES string of the molecule is C(=N\Nc1ccccc1)/c1cn(-c2ccccc2)nc1-c1ccc2ccccc2c1. The standard InChI is InChI=1S/C26H20N4/c1-3-11-24(12-4-1)28-27-18-23-19-30(25-13-5-2-6-14-25)29-26(23)22-16-15-20-9-7-8-10-21(20)17-22/h1-19,28H/b27-18+. The maximum absolute atomic E-state index is 4.88. The molecule has 4 aromatic carbocycles. The number of hydrogen-bond donors (Lipinski definition) is 1. The van der Waals surface area contributed by atoms with E-state index in [0.717, 1.165) is 28.2 Å². The molecule has 1 aromatic heterocycles. The number of nitrogens with one attached hydrogen (secondary N) is 1. The lowest BCUT2D eigenvalue weighted by Gasteiger charge is -2.03. The molecule has 0 unspecified atom stereocenters. The smallest absolute Gasteiger partial charge is 0.102 e. The number of hydrazone groups is 1. The van der Waals surface area contributed by atoms with Gasteiger partial charge in [-0.15, -0.1) is 0 Å². The Kier molecular flexibility index (Phi) is 4.80. The van der Waals surface area contributed by atoms with E-state index >= 15 is 0 Å². The van der Waals surface area contributed by atoms with E-state index in [4.69, 9.17) is 5.10 Å². The second-order valence-corrected chi connectivity index (χ2v) is 7.01. The van der Waals surface area contributed by atoms with Crippen molar-refractivity contribution < 1.29 is 0 Å². The number of aromatic nitrogens is 2. The normalized spacial score (nSPS) is 11.2. The zero-order valence-electron chi connectivity index (χ0n) is 16.3. The highest BCUT2D eigenvalue weighted by atomic mass is 15.3. The van der Waals surface area contributed by atoms with E-state index in [2.05, 4.69) is 53.0 Å². The molecule has 0 aliphatic rings. The summed E-state index contributed by atoms with van der Waals surface area (Å²) < 4.78 is 1.90. The van der Waals surface area contributed by atoms with Crippen LogP contribution in [0.4, 0.5) is 5.69 Å². The summed E-state index contributed by atoms with van der Waals surface area (Å²) in [6.45, 7) is 0. The van der Waals surface area contributed by atoms with Crippen molar-refractivity contribution in [3.63, 3.8) is 0 Å². The summed E-state index contributed by atoms with van der Waals surface area (Å²) in [6.07, 6.45) is 3.83. The topological polar surface area (TPSA) is 42.2 Å². The highest BCUT2D eigenvalue weighted by Crippen LogP contribution is 2.26. The minimum absolute atomic E-state index is 0.892. The zero-order valence-corrected chi connectivity index (χ0v) is 16.3. The molecular weight excluding hydrogens is 368 g/mol. The fourth-order valence-electron chi connectivity index (χ4n) is 3.44. The number of para-hydroxylation sites is 2. The van der Waals surface area contributed by atoms with Crippen molar-refractivity contribution in [3.8, 4) is 16.9 Å². The number of hydrogen-bond acceptors (Lipinski definition) is 3. The van der Waals surface area contributed by atoms with Gasteiger partial charge < -0.3 is 0 Å². The molecule has 0 saturated heterocycles. The first-order valence-corrected chi connectivity index (χ1v) is 9.85. The lowest BCUT2D eigenvalue weighted by Crippen LogP contribution is -1.94. The van der Waals surface area contributed by atoms with Crippen LogP contribution in [0.2, 0.25) is 0 Å². The van der Waals surface area contributed by atoms with Crippen molar-refractivity contribution in [2.24, 2.45) is 5.10 Å². The van der Waals surface area contributed by atoms with E-state index in [1.165, 1.54) is 10.8 Å². The molecule has 0 aliphatic carbocycles. The van der Waals surface area contributed by atoms with Crippen LogP contribution in [0.5, 0.6) is 0 Å². The van der Waals surface area contributed by atoms with Crippen LogP contribution in [-0.4, -0.2) is 16.0 Å². The third kappa shape index (κ3) is 3.71.